The molecule has 0 atom stereocenters. The van der Waals surface area contributed by atoms with Gasteiger partial charge in [0, 0.05) is 5.56 Å². The van der Waals surface area contributed by atoms with E-state index < -0.39 is 43.4 Å². The zero-order valence-corrected chi connectivity index (χ0v) is 10.8. The first-order valence-corrected chi connectivity index (χ1v) is 6.30. The highest BCUT2D eigenvalue weighted by Crippen LogP contribution is 2.52. The van der Waals surface area contributed by atoms with E-state index in [2.05, 4.69) is 0 Å². The van der Waals surface area contributed by atoms with Crippen LogP contribution in [0.25, 0.3) is 0 Å². The number of aromatic hydroxyl groups is 4. The minimum Gasteiger partial charge on any atom is -0.506 e. The van der Waals surface area contributed by atoms with E-state index in [1.807, 2.05) is 0 Å². The maximum absolute atomic E-state index is 11.1. The summed E-state index contributed by atoms with van der Waals surface area (Å²) in [5.41, 5.74) is -1.23. The molecule has 8 heteroatoms. The van der Waals surface area contributed by atoms with Crippen molar-refractivity contribution in [3.05, 3.63) is 5.56 Å². The second-order valence-electron chi connectivity index (χ2n) is 4.82. The fourth-order valence-corrected chi connectivity index (χ4v) is 2.32. The van der Waals surface area contributed by atoms with Crippen LogP contribution in [0.4, 0.5) is 0 Å². The number of phenolic OH excluding ortho intramolecular Hbond substituents is 4. The molecule has 0 saturated heterocycles. The van der Waals surface area contributed by atoms with Gasteiger partial charge in [-0.05, 0) is 5.41 Å². The van der Waals surface area contributed by atoms with Crippen LogP contribution in [-0.4, -0.2) is 33.4 Å². The van der Waals surface area contributed by atoms with E-state index >= 15 is 0 Å². The lowest BCUT2D eigenvalue weighted by Gasteiger charge is -2.23. The van der Waals surface area contributed by atoms with Crippen molar-refractivity contribution in [1.82, 2.24) is 0 Å². The van der Waals surface area contributed by atoms with Crippen molar-refractivity contribution in [2.45, 2.75) is 31.1 Å². The van der Waals surface area contributed by atoms with E-state index in [1.165, 1.54) is 20.8 Å². The summed E-state index contributed by atoms with van der Waals surface area (Å²) >= 11 is 0. The van der Waals surface area contributed by atoms with Gasteiger partial charge in [-0.25, -0.2) is 0 Å². The molecular formula is C10H14O7S. The molecule has 0 spiro atoms. The molecule has 1 rings (SSSR count). The third-order valence-corrected chi connectivity index (χ3v) is 3.26. The monoisotopic (exact) mass is 278 g/mol. The Kier molecular flexibility index (Phi) is 3.14. The van der Waals surface area contributed by atoms with Gasteiger partial charge in [-0.3, -0.25) is 4.55 Å². The third kappa shape index (κ3) is 2.16. The second-order valence-corrected chi connectivity index (χ2v) is 6.18. The average Bonchev–Trinajstić information content (AvgIpc) is 2.09. The summed E-state index contributed by atoms with van der Waals surface area (Å²) < 4.78 is 31.0. The molecule has 7 nitrogen and oxygen atoms in total. The maximum atomic E-state index is 11.1. The van der Waals surface area contributed by atoms with Crippen molar-refractivity contribution in [1.29, 1.82) is 0 Å². The van der Waals surface area contributed by atoms with Gasteiger partial charge in [0.2, 0.25) is 5.75 Å². The summed E-state index contributed by atoms with van der Waals surface area (Å²) in [7, 11) is -4.96. The highest BCUT2D eigenvalue weighted by Gasteiger charge is 2.34. The van der Waals surface area contributed by atoms with Crippen LogP contribution in [0.2, 0.25) is 0 Å². The van der Waals surface area contributed by atoms with Crippen LogP contribution in [0.5, 0.6) is 23.0 Å². The van der Waals surface area contributed by atoms with Gasteiger partial charge in [0.15, 0.2) is 16.4 Å². The van der Waals surface area contributed by atoms with Crippen LogP contribution in [-0.2, 0) is 15.5 Å². The number of hydrogen-bond donors (Lipinski definition) is 5. The molecule has 0 aliphatic rings. The van der Waals surface area contributed by atoms with Gasteiger partial charge in [-0.15, -0.1) is 0 Å². The Hall–Kier alpha value is -1.67. The van der Waals surface area contributed by atoms with Crippen LogP contribution in [0.1, 0.15) is 26.3 Å². The molecule has 102 valence electrons. The van der Waals surface area contributed by atoms with Gasteiger partial charge >= 0.3 is 10.1 Å². The van der Waals surface area contributed by atoms with Gasteiger partial charge < -0.3 is 20.4 Å². The molecule has 0 heterocycles. The number of rotatable bonds is 1. The molecule has 1 aromatic rings. The Labute approximate surface area is 104 Å². The van der Waals surface area contributed by atoms with Crippen LogP contribution in [0.15, 0.2) is 4.90 Å². The molecule has 0 aliphatic carbocycles. The molecule has 18 heavy (non-hydrogen) atoms. The van der Waals surface area contributed by atoms with Crippen molar-refractivity contribution in [3.8, 4) is 23.0 Å². The van der Waals surface area contributed by atoms with Gasteiger partial charge in [-0.1, -0.05) is 20.8 Å². The van der Waals surface area contributed by atoms with Crippen molar-refractivity contribution in [3.63, 3.8) is 0 Å². The van der Waals surface area contributed by atoms with Crippen molar-refractivity contribution >= 4 is 10.1 Å². The van der Waals surface area contributed by atoms with E-state index in [0.29, 0.717) is 0 Å². The SMILES string of the molecule is CC(C)(C)c1c(O)c(O)c(O)c(S(=O)(=O)O)c1O. The third-order valence-electron chi connectivity index (χ3n) is 2.36. The molecule has 0 aromatic heterocycles. The number of benzene rings is 1. The molecule has 0 amide bonds. The molecule has 0 bridgehead atoms. The van der Waals surface area contributed by atoms with Gasteiger partial charge in [0.05, 0.1) is 0 Å². The molecule has 0 aliphatic heterocycles. The van der Waals surface area contributed by atoms with Crippen LogP contribution in [0, 0.1) is 0 Å². The number of phenols is 4. The molecule has 1 aromatic carbocycles. The predicted octanol–water partition coefficient (Wildman–Crippen LogP) is 1.05. The van der Waals surface area contributed by atoms with Crippen LogP contribution < -0.4 is 0 Å². The normalized spacial score (nSPS) is 12.7. The summed E-state index contributed by atoms with van der Waals surface area (Å²) in [5, 5.41) is 38.2. The van der Waals surface area contributed by atoms with Gasteiger partial charge in [0.1, 0.15) is 5.75 Å². The Morgan fingerprint density at radius 1 is 0.833 bits per heavy atom. The zero-order valence-electron chi connectivity index (χ0n) is 9.96. The predicted molar refractivity (Wildman–Crippen MR) is 61.6 cm³/mol. The first-order chi connectivity index (χ1) is 7.89. The van der Waals surface area contributed by atoms with Gasteiger partial charge in [0.25, 0.3) is 0 Å². The molecule has 5 N–H and O–H groups in total. The molecule has 0 radical (unpaired) electrons. The molecular weight excluding hydrogens is 264 g/mol. The van der Waals surface area contributed by atoms with E-state index in [-0.39, 0.29) is 5.56 Å². The fraction of sp³-hybridized carbons (Fsp3) is 0.400. The average molecular weight is 278 g/mol. The minimum atomic E-state index is -4.96. The van der Waals surface area contributed by atoms with Crippen LogP contribution in [0.3, 0.4) is 0 Å². The van der Waals surface area contributed by atoms with Crippen molar-refractivity contribution in [2.75, 3.05) is 0 Å². The lowest BCUT2D eigenvalue weighted by Crippen LogP contribution is -2.14. The standard InChI is InChI=1S/C10H14O7S/c1-10(2,3)4-5(11)7(13)8(14)9(6(4)12)18(15,16)17/h11-14H,1-3H3,(H,15,16,17). The van der Waals surface area contributed by atoms with E-state index in [1.54, 1.807) is 0 Å². The van der Waals surface area contributed by atoms with E-state index in [9.17, 15) is 28.8 Å². The minimum absolute atomic E-state index is 0.301. The Balaban J connectivity index is 3.96. The first kappa shape index (κ1) is 14.4. The summed E-state index contributed by atoms with van der Waals surface area (Å²) in [6.45, 7) is 4.60. The largest absolute Gasteiger partial charge is 0.506 e. The smallest absolute Gasteiger partial charge is 0.302 e. The fourth-order valence-electron chi connectivity index (χ4n) is 1.63. The summed E-state index contributed by atoms with van der Waals surface area (Å²) in [5.74, 6) is -4.27. The lowest BCUT2D eigenvalue weighted by atomic mass is 9.85. The quantitative estimate of drug-likeness (QED) is 0.294. The summed E-state index contributed by atoms with van der Waals surface area (Å²) in [6.07, 6.45) is 0. The maximum Gasteiger partial charge on any atom is 0.302 e. The van der Waals surface area contributed by atoms with Crippen LogP contribution >= 0.6 is 0 Å². The second kappa shape index (κ2) is 3.92. The first-order valence-electron chi connectivity index (χ1n) is 4.86. The molecule has 0 unspecified atom stereocenters. The van der Waals surface area contributed by atoms with Gasteiger partial charge in [-0.2, -0.15) is 8.42 Å². The topological polar surface area (TPSA) is 135 Å². The lowest BCUT2D eigenvalue weighted by molar-refractivity contribution is 0.332. The van der Waals surface area contributed by atoms with E-state index in [0.717, 1.165) is 0 Å². The molecule has 0 saturated carbocycles. The highest BCUT2D eigenvalue weighted by molar-refractivity contribution is 7.86. The molecule has 0 fully saturated rings. The Morgan fingerprint density at radius 3 is 1.61 bits per heavy atom. The summed E-state index contributed by atoms with van der Waals surface area (Å²) in [4.78, 5) is -1.23. The van der Waals surface area contributed by atoms with Crippen molar-refractivity contribution < 1.29 is 33.4 Å². The number of hydrogen-bond acceptors (Lipinski definition) is 6. The van der Waals surface area contributed by atoms with E-state index in [4.69, 9.17) is 4.55 Å². The highest BCUT2D eigenvalue weighted by atomic mass is 32.2. The summed E-state index contributed by atoms with van der Waals surface area (Å²) in [6, 6.07) is 0. The zero-order chi connectivity index (χ0) is 14.5. The Bertz CT molecular complexity index is 596. The Morgan fingerprint density at radius 2 is 1.28 bits per heavy atom. The van der Waals surface area contributed by atoms with Crippen molar-refractivity contribution in [2.24, 2.45) is 0 Å².